The number of halogens is 2. The number of carboxylic acid groups (broad SMARTS) is 1. The van der Waals surface area contributed by atoms with E-state index >= 15 is 0 Å². The molecule has 0 unspecified atom stereocenters. The van der Waals surface area contributed by atoms with Crippen LogP contribution in [0.3, 0.4) is 0 Å². The summed E-state index contributed by atoms with van der Waals surface area (Å²) in [4.78, 5) is 26.9. The summed E-state index contributed by atoms with van der Waals surface area (Å²) in [5.74, 6) is -1.72. The third kappa shape index (κ3) is 3.07. The summed E-state index contributed by atoms with van der Waals surface area (Å²) in [5, 5.41) is 11.8. The molecule has 0 spiro atoms. The SMILES string of the molecule is O=C(Nc1cccc(Cl)c1C(=O)O)c1ccnc(Cl)c1. The molecule has 0 aliphatic carbocycles. The average molecular weight is 311 g/mol. The van der Waals surface area contributed by atoms with E-state index in [2.05, 4.69) is 10.3 Å². The van der Waals surface area contributed by atoms with Crippen molar-refractivity contribution in [3.63, 3.8) is 0 Å². The van der Waals surface area contributed by atoms with Gasteiger partial charge in [-0.15, -0.1) is 0 Å². The molecule has 0 atom stereocenters. The van der Waals surface area contributed by atoms with Crippen molar-refractivity contribution < 1.29 is 14.7 Å². The van der Waals surface area contributed by atoms with Crippen LogP contribution in [0.5, 0.6) is 0 Å². The second kappa shape index (κ2) is 5.90. The zero-order valence-corrected chi connectivity index (χ0v) is 11.4. The number of pyridine rings is 1. The van der Waals surface area contributed by atoms with Gasteiger partial charge in [-0.2, -0.15) is 0 Å². The number of aromatic nitrogens is 1. The van der Waals surface area contributed by atoms with E-state index in [4.69, 9.17) is 28.3 Å². The van der Waals surface area contributed by atoms with Gasteiger partial charge in [0.2, 0.25) is 0 Å². The summed E-state index contributed by atoms with van der Waals surface area (Å²) in [7, 11) is 0. The van der Waals surface area contributed by atoms with Gasteiger partial charge in [0, 0.05) is 11.8 Å². The molecule has 0 aliphatic heterocycles. The van der Waals surface area contributed by atoms with Gasteiger partial charge in [-0.05, 0) is 24.3 Å². The molecule has 2 N–H and O–H groups in total. The highest BCUT2D eigenvalue weighted by atomic mass is 35.5. The monoisotopic (exact) mass is 310 g/mol. The second-order valence-corrected chi connectivity index (χ2v) is 4.58. The number of anilines is 1. The van der Waals surface area contributed by atoms with Crippen LogP contribution in [0.2, 0.25) is 10.2 Å². The van der Waals surface area contributed by atoms with E-state index in [0.29, 0.717) is 0 Å². The van der Waals surface area contributed by atoms with Gasteiger partial charge < -0.3 is 10.4 Å². The number of nitrogens with one attached hydrogen (secondary N) is 1. The summed E-state index contributed by atoms with van der Waals surface area (Å²) < 4.78 is 0. The summed E-state index contributed by atoms with van der Waals surface area (Å²) in [6, 6.07) is 7.28. The van der Waals surface area contributed by atoms with Crippen molar-refractivity contribution in [2.75, 3.05) is 5.32 Å². The highest BCUT2D eigenvalue weighted by Gasteiger charge is 2.16. The van der Waals surface area contributed by atoms with Crippen LogP contribution in [0, 0.1) is 0 Å². The third-order valence-corrected chi connectivity index (χ3v) is 2.99. The number of hydrogen-bond acceptors (Lipinski definition) is 3. The van der Waals surface area contributed by atoms with Gasteiger partial charge in [0.25, 0.3) is 5.91 Å². The van der Waals surface area contributed by atoms with E-state index in [0.717, 1.165) is 0 Å². The number of rotatable bonds is 3. The number of hydrogen-bond donors (Lipinski definition) is 2. The Balaban J connectivity index is 2.33. The van der Waals surface area contributed by atoms with Gasteiger partial charge in [0.15, 0.2) is 0 Å². The highest BCUT2D eigenvalue weighted by Crippen LogP contribution is 2.25. The molecule has 1 aromatic carbocycles. The maximum absolute atomic E-state index is 12.0. The lowest BCUT2D eigenvalue weighted by Gasteiger charge is -2.09. The van der Waals surface area contributed by atoms with Crippen molar-refractivity contribution in [1.82, 2.24) is 4.98 Å². The van der Waals surface area contributed by atoms with Crippen molar-refractivity contribution in [2.24, 2.45) is 0 Å². The van der Waals surface area contributed by atoms with Crippen LogP contribution >= 0.6 is 23.2 Å². The Morgan fingerprint density at radius 2 is 1.95 bits per heavy atom. The standard InChI is InChI=1S/C13H8Cl2N2O3/c14-8-2-1-3-9(11(8)13(19)20)17-12(18)7-4-5-16-10(15)6-7/h1-6H,(H,17,18)(H,19,20). The normalized spacial score (nSPS) is 10.1. The molecule has 1 amide bonds. The van der Waals surface area contributed by atoms with Gasteiger partial charge in [-0.3, -0.25) is 4.79 Å². The van der Waals surface area contributed by atoms with Crippen molar-refractivity contribution in [3.05, 3.63) is 57.8 Å². The highest BCUT2D eigenvalue weighted by molar-refractivity contribution is 6.34. The maximum atomic E-state index is 12.0. The Morgan fingerprint density at radius 1 is 1.20 bits per heavy atom. The zero-order valence-electron chi connectivity index (χ0n) is 9.93. The molecule has 20 heavy (non-hydrogen) atoms. The largest absolute Gasteiger partial charge is 0.478 e. The fraction of sp³-hybridized carbons (Fsp3) is 0. The fourth-order valence-corrected chi connectivity index (χ4v) is 2.01. The molecule has 0 saturated carbocycles. The molecule has 1 heterocycles. The molecular weight excluding hydrogens is 303 g/mol. The molecule has 0 aliphatic rings. The minimum Gasteiger partial charge on any atom is -0.478 e. The first-order valence-corrected chi connectivity index (χ1v) is 6.19. The lowest BCUT2D eigenvalue weighted by atomic mass is 10.1. The molecule has 7 heteroatoms. The number of carbonyl (C=O) groups is 2. The molecule has 0 saturated heterocycles. The van der Waals surface area contributed by atoms with Gasteiger partial charge in [0.05, 0.1) is 10.7 Å². The topological polar surface area (TPSA) is 79.3 Å². The van der Waals surface area contributed by atoms with Crippen LogP contribution < -0.4 is 5.32 Å². The Hall–Kier alpha value is -2.11. The van der Waals surface area contributed by atoms with E-state index in [-0.39, 0.29) is 27.0 Å². The van der Waals surface area contributed by atoms with Crippen LogP contribution in [-0.2, 0) is 0 Å². The molecule has 5 nitrogen and oxygen atoms in total. The number of aromatic carboxylic acids is 1. The first-order valence-electron chi connectivity index (χ1n) is 5.44. The molecule has 1 aromatic heterocycles. The van der Waals surface area contributed by atoms with Crippen molar-refractivity contribution in [1.29, 1.82) is 0 Å². The molecule has 0 fully saturated rings. The predicted molar refractivity (Wildman–Crippen MR) is 75.6 cm³/mol. The van der Waals surface area contributed by atoms with E-state index in [1.807, 2.05) is 0 Å². The lowest BCUT2D eigenvalue weighted by Crippen LogP contribution is -2.15. The Bertz CT molecular complexity index is 689. The molecule has 2 rings (SSSR count). The minimum atomic E-state index is -1.22. The van der Waals surface area contributed by atoms with Crippen LogP contribution in [0.25, 0.3) is 0 Å². The Labute approximate surface area is 124 Å². The van der Waals surface area contributed by atoms with Crippen LogP contribution in [0.4, 0.5) is 5.69 Å². The van der Waals surface area contributed by atoms with E-state index in [9.17, 15) is 9.59 Å². The van der Waals surface area contributed by atoms with E-state index in [1.165, 1.54) is 30.5 Å². The first-order chi connectivity index (χ1) is 9.49. The van der Waals surface area contributed by atoms with Gasteiger partial charge in [-0.25, -0.2) is 9.78 Å². The van der Waals surface area contributed by atoms with Gasteiger partial charge in [0.1, 0.15) is 10.7 Å². The number of benzene rings is 1. The van der Waals surface area contributed by atoms with Crippen LogP contribution in [-0.4, -0.2) is 22.0 Å². The number of amides is 1. The third-order valence-electron chi connectivity index (χ3n) is 2.46. The summed E-state index contributed by atoms with van der Waals surface area (Å²) in [6.07, 6.45) is 1.38. The second-order valence-electron chi connectivity index (χ2n) is 3.79. The van der Waals surface area contributed by atoms with Crippen molar-refractivity contribution >= 4 is 40.8 Å². The average Bonchev–Trinajstić information content (AvgIpc) is 2.38. The van der Waals surface area contributed by atoms with Gasteiger partial charge in [-0.1, -0.05) is 29.3 Å². The molecule has 2 aromatic rings. The molecule has 0 bridgehead atoms. The van der Waals surface area contributed by atoms with Gasteiger partial charge >= 0.3 is 5.97 Å². The zero-order chi connectivity index (χ0) is 14.7. The fourth-order valence-electron chi connectivity index (χ4n) is 1.58. The Morgan fingerprint density at radius 3 is 2.60 bits per heavy atom. The van der Waals surface area contributed by atoms with E-state index in [1.54, 1.807) is 6.07 Å². The predicted octanol–water partition coefficient (Wildman–Crippen LogP) is 3.34. The Kier molecular flexibility index (Phi) is 4.22. The number of carbonyl (C=O) groups excluding carboxylic acids is 1. The molecule has 0 radical (unpaired) electrons. The summed E-state index contributed by atoms with van der Waals surface area (Å²) in [5.41, 5.74) is 0.215. The summed E-state index contributed by atoms with van der Waals surface area (Å²) >= 11 is 11.5. The van der Waals surface area contributed by atoms with Crippen LogP contribution in [0.15, 0.2) is 36.5 Å². The minimum absolute atomic E-state index is 0.0445. The molecule has 102 valence electrons. The van der Waals surface area contributed by atoms with Crippen molar-refractivity contribution in [2.45, 2.75) is 0 Å². The van der Waals surface area contributed by atoms with Crippen molar-refractivity contribution in [3.8, 4) is 0 Å². The first kappa shape index (κ1) is 14.3. The van der Waals surface area contributed by atoms with E-state index < -0.39 is 11.9 Å². The lowest BCUT2D eigenvalue weighted by molar-refractivity contribution is 0.0698. The van der Waals surface area contributed by atoms with Crippen LogP contribution in [0.1, 0.15) is 20.7 Å². The quantitative estimate of drug-likeness (QED) is 0.852. The smallest absolute Gasteiger partial charge is 0.339 e. The summed E-state index contributed by atoms with van der Waals surface area (Å²) in [6.45, 7) is 0. The molecular formula is C13H8Cl2N2O3. The maximum Gasteiger partial charge on any atom is 0.339 e. The number of carboxylic acids is 1. The number of nitrogens with zero attached hydrogens (tertiary/aromatic N) is 1.